The summed E-state index contributed by atoms with van der Waals surface area (Å²) in [6.45, 7) is 3.86. The Balaban J connectivity index is 1.77. The molecule has 2 aromatic carbocycles. The Bertz CT molecular complexity index is 1220. The van der Waals surface area contributed by atoms with Crippen molar-refractivity contribution in [1.29, 1.82) is 0 Å². The Morgan fingerprint density at radius 1 is 1.22 bits per heavy atom. The number of para-hydroxylation sites is 1. The van der Waals surface area contributed by atoms with Gasteiger partial charge in [0.1, 0.15) is 11.4 Å². The van der Waals surface area contributed by atoms with Gasteiger partial charge in [-0.15, -0.1) is 11.6 Å². The standard InChI is InChI=1S/C24H23ClN2O5/c1-3-30-23(29)24(2)11-16-15-6-4-5-7-17(15)26-21(16)22(27(24)20(28)12-25)14-8-9-18-19(10-14)32-13-31-18/h4-10,22,26H,3,11-13H2,1-2H3/t22-,24+/m0/s1. The summed E-state index contributed by atoms with van der Waals surface area (Å²) >= 11 is 6.05. The number of nitrogens with one attached hydrogen (secondary N) is 1. The normalized spacial score (nSPS) is 21.5. The Morgan fingerprint density at radius 2 is 2.00 bits per heavy atom. The predicted molar refractivity (Wildman–Crippen MR) is 119 cm³/mol. The van der Waals surface area contributed by atoms with E-state index in [2.05, 4.69) is 4.98 Å². The molecule has 8 heteroatoms. The zero-order chi connectivity index (χ0) is 22.5. The molecule has 2 aliphatic heterocycles. The number of nitrogens with zero attached hydrogens (tertiary/aromatic N) is 1. The fraction of sp³-hybridized carbons (Fsp3) is 0.333. The van der Waals surface area contributed by atoms with E-state index >= 15 is 0 Å². The molecule has 3 heterocycles. The topological polar surface area (TPSA) is 80.9 Å². The first-order valence-corrected chi connectivity index (χ1v) is 11.1. The Morgan fingerprint density at radius 3 is 2.78 bits per heavy atom. The average molecular weight is 455 g/mol. The zero-order valence-corrected chi connectivity index (χ0v) is 18.6. The van der Waals surface area contributed by atoms with Gasteiger partial charge in [0.25, 0.3) is 0 Å². The van der Waals surface area contributed by atoms with E-state index in [9.17, 15) is 9.59 Å². The first-order chi connectivity index (χ1) is 15.5. The molecule has 0 aliphatic carbocycles. The highest BCUT2D eigenvalue weighted by Crippen LogP contribution is 2.47. The minimum absolute atomic E-state index is 0.145. The number of esters is 1. The van der Waals surface area contributed by atoms with Crippen LogP contribution < -0.4 is 9.47 Å². The number of benzene rings is 2. The summed E-state index contributed by atoms with van der Waals surface area (Å²) in [5.74, 6) is 0.173. The van der Waals surface area contributed by atoms with Crippen molar-refractivity contribution in [2.75, 3.05) is 19.3 Å². The van der Waals surface area contributed by atoms with Crippen molar-refractivity contribution in [1.82, 2.24) is 9.88 Å². The van der Waals surface area contributed by atoms with Gasteiger partial charge < -0.3 is 24.1 Å². The van der Waals surface area contributed by atoms with Crippen LogP contribution in [0, 0.1) is 0 Å². The molecule has 0 saturated heterocycles. The van der Waals surface area contributed by atoms with Gasteiger partial charge >= 0.3 is 5.97 Å². The van der Waals surface area contributed by atoms with Crippen LogP contribution in [-0.2, 0) is 20.7 Å². The van der Waals surface area contributed by atoms with E-state index in [0.29, 0.717) is 17.9 Å². The Hall–Kier alpha value is -3.19. The molecule has 0 radical (unpaired) electrons. The van der Waals surface area contributed by atoms with E-state index < -0.39 is 17.6 Å². The lowest BCUT2D eigenvalue weighted by Crippen LogP contribution is -2.61. The molecule has 1 N–H and O–H groups in total. The number of H-pyrrole nitrogens is 1. The number of alkyl halides is 1. The summed E-state index contributed by atoms with van der Waals surface area (Å²) in [4.78, 5) is 31.6. The van der Waals surface area contributed by atoms with Crippen molar-refractivity contribution in [3.63, 3.8) is 0 Å². The van der Waals surface area contributed by atoms with Gasteiger partial charge in [0.2, 0.25) is 12.7 Å². The van der Waals surface area contributed by atoms with Crippen molar-refractivity contribution in [3.05, 3.63) is 59.3 Å². The van der Waals surface area contributed by atoms with Crippen LogP contribution >= 0.6 is 11.6 Å². The Kier molecular flexibility index (Phi) is 5.01. The molecule has 0 fully saturated rings. The van der Waals surface area contributed by atoms with Crippen LogP contribution in [0.4, 0.5) is 0 Å². The van der Waals surface area contributed by atoms with E-state index in [1.165, 1.54) is 0 Å². The van der Waals surface area contributed by atoms with Crippen molar-refractivity contribution >= 4 is 34.4 Å². The van der Waals surface area contributed by atoms with Crippen LogP contribution in [0.15, 0.2) is 42.5 Å². The van der Waals surface area contributed by atoms with Crippen LogP contribution in [0.3, 0.4) is 0 Å². The molecule has 0 bridgehead atoms. The number of rotatable bonds is 4. The van der Waals surface area contributed by atoms with Crippen molar-refractivity contribution in [2.45, 2.75) is 31.8 Å². The Labute approximate surface area is 190 Å². The highest BCUT2D eigenvalue weighted by molar-refractivity contribution is 6.27. The SMILES string of the molecule is CCOC(=O)[C@@]1(C)Cc2c([nH]c3ccccc23)[C@H](c2ccc3c(c2)OCO3)N1C(=O)CCl. The highest BCUT2D eigenvalue weighted by Gasteiger charge is 2.52. The van der Waals surface area contributed by atoms with Gasteiger partial charge in [0.15, 0.2) is 11.5 Å². The van der Waals surface area contributed by atoms with Crippen molar-refractivity contribution < 1.29 is 23.8 Å². The summed E-state index contributed by atoms with van der Waals surface area (Å²) in [7, 11) is 0. The number of amides is 1. The highest BCUT2D eigenvalue weighted by atomic mass is 35.5. The van der Waals surface area contributed by atoms with E-state index in [1.807, 2.05) is 42.5 Å². The van der Waals surface area contributed by atoms with E-state index in [1.54, 1.807) is 18.7 Å². The second kappa shape index (κ2) is 7.74. The maximum absolute atomic E-state index is 13.3. The van der Waals surface area contributed by atoms with Gasteiger partial charge in [0, 0.05) is 23.0 Å². The molecular formula is C24H23ClN2O5. The maximum Gasteiger partial charge on any atom is 0.332 e. The predicted octanol–water partition coefficient (Wildman–Crippen LogP) is 3.93. The number of hydrogen-bond acceptors (Lipinski definition) is 5. The average Bonchev–Trinajstić information content (AvgIpc) is 3.41. The van der Waals surface area contributed by atoms with Crippen molar-refractivity contribution in [3.8, 4) is 11.5 Å². The smallest absolute Gasteiger partial charge is 0.332 e. The molecule has 0 spiro atoms. The van der Waals surface area contributed by atoms with Gasteiger partial charge in [-0.25, -0.2) is 4.79 Å². The fourth-order valence-electron chi connectivity index (χ4n) is 4.83. The van der Waals surface area contributed by atoms with Gasteiger partial charge in [-0.1, -0.05) is 24.3 Å². The summed E-state index contributed by atoms with van der Waals surface area (Å²) in [6, 6.07) is 12.9. The number of hydrogen-bond donors (Lipinski definition) is 1. The lowest BCUT2D eigenvalue weighted by Gasteiger charge is -2.47. The molecule has 1 aromatic heterocycles. The summed E-state index contributed by atoms with van der Waals surface area (Å²) in [6.07, 6.45) is 0.314. The third-order valence-corrected chi connectivity index (χ3v) is 6.47. The van der Waals surface area contributed by atoms with E-state index in [4.69, 9.17) is 25.8 Å². The summed E-state index contributed by atoms with van der Waals surface area (Å²) in [5.41, 5.74) is 2.33. The van der Waals surface area contributed by atoms with Crippen molar-refractivity contribution in [2.24, 2.45) is 0 Å². The van der Waals surface area contributed by atoms with E-state index in [-0.39, 0.29) is 25.2 Å². The van der Waals surface area contributed by atoms with Gasteiger partial charge in [-0.05, 0) is 43.2 Å². The van der Waals surface area contributed by atoms with Crippen LogP contribution in [0.2, 0.25) is 0 Å². The summed E-state index contributed by atoms with van der Waals surface area (Å²) < 4.78 is 16.5. The molecule has 2 aliphatic rings. The van der Waals surface area contributed by atoms with Crippen LogP contribution in [0.5, 0.6) is 11.5 Å². The molecule has 2 atom stereocenters. The second-order valence-electron chi connectivity index (χ2n) is 8.15. The lowest BCUT2D eigenvalue weighted by molar-refractivity contribution is -0.165. The number of carbonyl (C=O) groups excluding carboxylic acids is 2. The van der Waals surface area contributed by atoms with Gasteiger partial charge in [-0.2, -0.15) is 0 Å². The number of fused-ring (bicyclic) bond motifs is 4. The zero-order valence-electron chi connectivity index (χ0n) is 17.8. The fourth-order valence-corrected chi connectivity index (χ4v) is 4.96. The summed E-state index contributed by atoms with van der Waals surface area (Å²) in [5, 5.41) is 1.02. The quantitative estimate of drug-likeness (QED) is 0.477. The molecule has 166 valence electrons. The van der Waals surface area contributed by atoms with Crippen LogP contribution in [0.25, 0.3) is 10.9 Å². The monoisotopic (exact) mass is 454 g/mol. The molecule has 0 unspecified atom stereocenters. The minimum atomic E-state index is -1.24. The second-order valence-corrected chi connectivity index (χ2v) is 8.41. The van der Waals surface area contributed by atoms with Gasteiger partial charge in [0.05, 0.1) is 12.6 Å². The first-order valence-electron chi connectivity index (χ1n) is 10.5. The lowest BCUT2D eigenvalue weighted by atomic mass is 9.80. The molecule has 3 aromatic rings. The molecule has 7 nitrogen and oxygen atoms in total. The minimum Gasteiger partial charge on any atom is -0.464 e. The number of aromatic amines is 1. The largest absolute Gasteiger partial charge is 0.464 e. The molecule has 32 heavy (non-hydrogen) atoms. The molecule has 5 rings (SSSR count). The molecule has 1 amide bonds. The van der Waals surface area contributed by atoms with Crippen LogP contribution in [0.1, 0.15) is 36.7 Å². The third-order valence-electron chi connectivity index (χ3n) is 6.24. The first kappa shape index (κ1) is 20.7. The molecular weight excluding hydrogens is 432 g/mol. The van der Waals surface area contributed by atoms with E-state index in [0.717, 1.165) is 27.7 Å². The molecule has 0 saturated carbocycles. The van der Waals surface area contributed by atoms with Gasteiger partial charge in [-0.3, -0.25) is 4.79 Å². The maximum atomic E-state index is 13.3. The number of ether oxygens (including phenoxy) is 3. The van der Waals surface area contributed by atoms with Crippen LogP contribution in [-0.4, -0.2) is 46.6 Å². The third kappa shape index (κ3) is 3.03. The number of halogens is 1. The number of aromatic nitrogens is 1. The number of carbonyl (C=O) groups is 2.